The molecular formula is C19H24O4. The van der Waals surface area contributed by atoms with E-state index in [1.807, 2.05) is 48.5 Å². The lowest BCUT2D eigenvalue weighted by atomic mass is 9.99. The fourth-order valence-corrected chi connectivity index (χ4v) is 2.49. The molecule has 0 radical (unpaired) electrons. The van der Waals surface area contributed by atoms with Crippen LogP contribution in [0.1, 0.15) is 42.6 Å². The molecule has 0 aromatic heterocycles. The molecule has 0 heterocycles. The van der Waals surface area contributed by atoms with Gasteiger partial charge in [-0.15, -0.1) is 0 Å². The van der Waals surface area contributed by atoms with Crippen molar-refractivity contribution in [1.82, 2.24) is 0 Å². The lowest BCUT2D eigenvalue weighted by Crippen LogP contribution is -2.01. The molecule has 0 saturated carbocycles. The third-order valence-corrected chi connectivity index (χ3v) is 3.96. The molecule has 2 aromatic carbocycles. The molecule has 0 fully saturated rings. The molecule has 2 N–H and O–H groups in total. The highest BCUT2D eigenvalue weighted by molar-refractivity contribution is 5.29. The second-order valence-electron chi connectivity index (χ2n) is 5.51. The van der Waals surface area contributed by atoms with Gasteiger partial charge in [-0.05, 0) is 54.7 Å². The van der Waals surface area contributed by atoms with Gasteiger partial charge < -0.3 is 19.7 Å². The number of benzene rings is 2. The molecule has 2 unspecified atom stereocenters. The maximum atomic E-state index is 10.2. The highest BCUT2D eigenvalue weighted by atomic mass is 16.5. The van der Waals surface area contributed by atoms with Crippen molar-refractivity contribution in [3.63, 3.8) is 0 Å². The van der Waals surface area contributed by atoms with E-state index in [0.717, 1.165) is 29.0 Å². The summed E-state index contributed by atoms with van der Waals surface area (Å²) < 4.78 is 10.2. The Morgan fingerprint density at radius 3 is 1.35 bits per heavy atom. The average Bonchev–Trinajstić information content (AvgIpc) is 2.61. The zero-order chi connectivity index (χ0) is 16.7. The first-order valence-corrected chi connectivity index (χ1v) is 7.78. The Kier molecular flexibility index (Phi) is 6.44. The maximum absolute atomic E-state index is 10.2. The molecule has 4 nitrogen and oxygen atoms in total. The van der Waals surface area contributed by atoms with Gasteiger partial charge in [0.1, 0.15) is 11.5 Å². The SMILES string of the molecule is COc1ccc(C(O)CCCC(O)c2ccc(OC)cc2)cc1. The van der Waals surface area contributed by atoms with Crippen molar-refractivity contribution >= 4 is 0 Å². The number of aliphatic hydroxyl groups excluding tert-OH is 2. The van der Waals surface area contributed by atoms with Crippen LogP contribution >= 0.6 is 0 Å². The summed E-state index contributed by atoms with van der Waals surface area (Å²) in [6.07, 6.45) is 0.910. The van der Waals surface area contributed by atoms with Crippen molar-refractivity contribution in [2.45, 2.75) is 31.5 Å². The van der Waals surface area contributed by atoms with Crippen molar-refractivity contribution in [1.29, 1.82) is 0 Å². The fraction of sp³-hybridized carbons (Fsp3) is 0.368. The molecule has 0 aliphatic heterocycles. The minimum absolute atomic E-state index is 0.524. The summed E-state index contributed by atoms with van der Waals surface area (Å²) in [6.45, 7) is 0. The number of rotatable bonds is 8. The standard InChI is InChI=1S/C19H24O4/c1-22-16-10-6-14(7-11-16)18(20)4-3-5-19(21)15-8-12-17(23-2)13-9-15/h6-13,18-21H,3-5H2,1-2H3. The molecule has 2 aromatic rings. The normalized spacial score (nSPS) is 13.4. The van der Waals surface area contributed by atoms with Gasteiger partial charge in [0, 0.05) is 0 Å². The molecule has 0 aliphatic carbocycles. The Balaban J connectivity index is 1.80. The zero-order valence-electron chi connectivity index (χ0n) is 13.6. The Bertz CT molecular complexity index is 524. The maximum Gasteiger partial charge on any atom is 0.118 e. The van der Waals surface area contributed by atoms with Gasteiger partial charge in [0.2, 0.25) is 0 Å². The van der Waals surface area contributed by atoms with Crippen molar-refractivity contribution in [2.75, 3.05) is 14.2 Å². The predicted molar refractivity (Wildman–Crippen MR) is 89.8 cm³/mol. The lowest BCUT2D eigenvalue weighted by molar-refractivity contribution is 0.135. The van der Waals surface area contributed by atoms with Gasteiger partial charge >= 0.3 is 0 Å². The van der Waals surface area contributed by atoms with Crippen LogP contribution in [0, 0.1) is 0 Å². The van der Waals surface area contributed by atoms with Crippen molar-refractivity contribution in [3.8, 4) is 11.5 Å². The quantitative estimate of drug-likeness (QED) is 0.780. The summed E-state index contributed by atoms with van der Waals surface area (Å²) in [5.74, 6) is 1.55. The number of ether oxygens (including phenoxy) is 2. The molecule has 0 bridgehead atoms. The molecule has 0 saturated heterocycles. The molecule has 0 amide bonds. The minimum Gasteiger partial charge on any atom is -0.497 e. The van der Waals surface area contributed by atoms with E-state index in [9.17, 15) is 10.2 Å². The Hall–Kier alpha value is -2.04. The van der Waals surface area contributed by atoms with Crippen molar-refractivity contribution in [3.05, 3.63) is 59.7 Å². The summed E-state index contributed by atoms with van der Waals surface area (Å²) in [4.78, 5) is 0. The molecule has 2 atom stereocenters. The Morgan fingerprint density at radius 2 is 1.04 bits per heavy atom. The van der Waals surface area contributed by atoms with Gasteiger partial charge in [0.05, 0.1) is 26.4 Å². The van der Waals surface area contributed by atoms with Crippen LogP contribution in [-0.2, 0) is 0 Å². The van der Waals surface area contributed by atoms with Gasteiger partial charge in [-0.25, -0.2) is 0 Å². The van der Waals surface area contributed by atoms with Gasteiger partial charge in [-0.1, -0.05) is 24.3 Å². The van der Waals surface area contributed by atoms with Crippen LogP contribution in [0.4, 0.5) is 0 Å². The van der Waals surface area contributed by atoms with Gasteiger partial charge in [-0.3, -0.25) is 0 Å². The molecule has 2 rings (SSSR count). The zero-order valence-corrected chi connectivity index (χ0v) is 13.6. The van der Waals surface area contributed by atoms with Crippen LogP contribution < -0.4 is 9.47 Å². The highest BCUT2D eigenvalue weighted by Crippen LogP contribution is 2.26. The lowest BCUT2D eigenvalue weighted by Gasteiger charge is -2.14. The number of hydrogen-bond acceptors (Lipinski definition) is 4. The largest absolute Gasteiger partial charge is 0.497 e. The van der Waals surface area contributed by atoms with Crippen LogP contribution in [0.3, 0.4) is 0 Å². The molecule has 23 heavy (non-hydrogen) atoms. The second kappa shape index (κ2) is 8.56. The average molecular weight is 316 g/mol. The van der Waals surface area contributed by atoms with E-state index in [4.69, 9.17) is 9.47 Å². The molecule has 124 valence electrons. The Labute approximate surface area is 137 Å². The van der Waals surface area contributed by atoms with E-state index in [0.29, 0.717) is 12.8 Å². The van der Waals surface area contributed by atoms with Crippen LogP contribution in [0.25, 0.3) is 0 Å². The van der Waals surface area contributed by atoms with E-state index in [1.54, 1.807) is 14.2 Å². The van der Waals surface area contributed by atoms with E-state index >= 15 is 0 Å². The first-order valence-electron chi connectivity index (χ1n) is 7.78. The minimum atomic E-state index is -0.524. The van der Waals surface area contributed by atoms with Crippen LogP contribution in [0.2, 0.25) is 0 Å². The Morgan fingerprint density at radius 1 is 0.696 bits per heavy atom. The number of methoxy groups -OCH3 is 2. The van der Waals surface area contributed by atoms with Crippen LogP contribution in [-0.4, -0.2) is 24.4 Å². The first kappa shape index (κ1) is 17.3. The molecule has 4 heteroatoms. The smallest absolute Gasteiger partial charge is 0.118 e. The highest BCUT2D eigenvalue weighted by Gasteiger charge is 2.11. The number of hydrogen-bond donors (Lipinski definition) is 2. The van der Waals surface area contributed by atoms with Gasteiger partial charge in [-0.2, -0.15) is 0 Å². The van der Waals surface area contributed by atoms with Crippen LogP contribution in [0.5, 0.6) is 11.5 Å². The van der Waals surface area contributed by atoms with E-state index in [2.05, 4.69) is 0 Å². The summed E-state index contributed by atoms with van der Waals surface area (Å²) >= 11 is 0. The van der Waals surface area contributed by atoms with Gasteiger partial charge in [0.15, 0.2) is 0 Å². The van der Waals surface area contributed by atoms with E-state index in [1.165, 1.54) is 0 Å². The van der Waals surface area contributed by atoms with Crippen LogP contribution in [0.15, 0.2) is 48.5 Å². The third-order valence-electron chi connectivity index (χ3n) is 3.96. The van der Waals surface area contributed by atoms with Crippen molar-refractivity contribution in [2.24, 2.45) is 0 Å². The van der Waals surface area contributed by atoms with E-state index < -0.39 is 12.2 Å². The summed E-state index contributed by atoms with van der Waals surface area (Å²) in [5.41, 5.74) is 1.73. The first-order chi connectivity index (χ1) is 11.1. The fourth-order valence-electron chi connectivity index (χ4n) is 2.49. The molecule has 0 aliphatic rings. The molecule has 0 spiro atoms. The summed E-state index contributed by atoms with van der Waals surface area (Å²) in [7, 11) is 3.23. The van der Waals surface area contributed by atoms with E-state index in [-0.39, 0.29) is 0 Å². The monoisotopic (exact) mass is 316 g/mol. The van der Waals surface area contributed by atoms with Gasteiger partial charge in [0.25, 0.3) is 0 Å². The topological polar surface area (TPSA) is 58.9 Å². The number of aliphatic hydroxyl groups is 2. The molecular weight excluding hydrogens is 292 g/mol. The van der Waals surface area contributed by atoms with Crippen molar-refractivity contribution < 1.29 is 19.7 Å². The summed E-state index contributed by atoms with van der Waals surface area (Å²) in [6, 6.07) is 14.8. The third kappa shape index (κ3) is 4.98. The second-order valence-corrected chi connectivity index (χ2v) is 5.51. The summed E-state index contributed by atoms with van der Waals surface area (Å²) in [5, 5.41) is 20.4. The predicted octanol–water partition coefficient (Wildman–Crippen LogP) is 3.64.